The Morgan fingerprint density at radius 3 is 1.87 bits per heavy atom. The van der Waals surface area contributed by atoms with Gasteiger partial charge in [0.25, 0.3) is 5.78 Å². The molecule has 0 N–H and O–H groups in total. The van der Waals surface area contributed by atoms with Crippen LogP contribution in [0.5, 0.6) is 5.75 Å². The first-order valence-corrected chi connectivity index (χ1v) is 8.95. The van der Waals surface area contributed by atoms with Gasteiger partial charge in [-0.1, -0.05) is 24.3 Å². The summed E-state index contributed by atoms with van der Waals surface area (Å²) in [5.41, 5.74) is -2.85. The quantitative estimate of drug-likeness (QED) is 0.546. The van der Waals surface area contributed by atoms with E-state index in [0.717, 1.165) is 7.11 Å². The minimum absolute atomic E-state index is 0.00959. The maximum Gasteiger partial charge on any atom is 0.328 e. The van der Waals surface area contributed by atoms with Crippen molar-refractivity contribution in [1.82, 2.24) is 0 Å². The Labute approximate surface area is 174 Å². The summed E-state index contributed by atoms with van der Waals surface area (Å²) in [6.45, 7) is 0. The van der Waals surface area contributed by atoms with Crippen LogP contribution >= 0.6 is 0 Å². The van der Waals surface area contributed by atoms with Crippen molar-refractivity contribution in [2.75, 3.05) is 14.2 Å². The number of ketones is 4. The van der Waals surface area contributed by atoms with E-state index in [1.54, 1.807) is 0 Å². The average Bonchev–Trinajstić information content (AvgIpc) is 2.78. The standard InChI is InChI=1S/C22H13NO8/c1-30-10-7-8-13-14(9-10)19(25)16(22(31-2)21(13)27)15-17(23(28)29)20(26)12-6-4-3-5-11(12)18(15)24/h3-9H,1-2H3. The van der Waals surface area contributed by atoms with Gasteiger partial charge in [0.05, 0.1) is 24.7 Å². The fourth-order valence-corrected chi connectivity index (χ4v) is 3.70. The molecule has 9 heteroatoms. The van der Waals surface area contributed by atoms with Gasteiger partial charge in [-0.15, -0.1) is 0 Å². The molecule has 0 aromatic heterocycles. The summed E-state index contributed by atoms with van der Waals surface area (Å²) in [7, 11) is 2.46. The summed E-state index contributed by atoms with van der Waals surface area (Å²) in [6, 6.07) is 9.67. The van der Waals surface area contributed by atoms with Crippen molar-refractivity contribution in [3.8, 4) is 5.75 Å². The first-order chi connectivity index (χ1) is 14.8. The highest BCUT2D eigenvalue weighted by Gasteiger charge is 2.47. The van der Waals surface area contributed by atoms with Crippen molar-refractivity contribution in [2.45, 2.75) is 0 Å². The van der Waals surface area contributed by atoms with Crippen LogP contribution in [0, 0.1) is 10.1 Å². The van der Waals surface area contributed by atoms with Crippen molar-refractivity contribution < 1.29 is 33.6 Å². The smallest absolute Gasteiger partial charge is 0.328 e. The van der Waals surface area contributed by atoms with Gasteiger partial charge in [-0.25, -0.2) is 0 Å². The second-order valence-electron chi connectivity index (χ2n) is 6.66. The Bertz CT molecular complexity index is 1300. The summed E-state index contributed by atoms with van der Waals surface area (Å²) in [4.78, 5) is 63.2. The highest BCUT2D eigenvalue weighted by molar-refractivity contribution is 6.36. The summed E-state index contributed by atoms with van der Waals surface area (Å²) in [5, 5.41) is 11.8. The second-order valence-corrected chi connectivity index (χ2v) is 6.66. The van der Waals surface area contributed by atoms with Gasteiger partial charge in [0.1, 0.15) is 11.3 Å². The molecular formula is C22H13NO8. The van der Waals surface area contributed by atoms with Gasteiger partial charge in [-0.3, -0.25) is 29.3 Å². The van der Waals surface area contributed by atoms with E-state index in [-0.39, 0.29) is 28.0 Å². The van der Waals surface area contributed by atoms with Crippen LogP contribution in [0.4, 0.5) is 0 Å². The zero-order valence-electron chi connectivity index (χ0n) is 16.3. The molecule has 0 saturated heterocycles. The Morgan fingerprint density at radius 1 is 0.710 bits per heavy atom. The lowest BCUT2D eigenvalue weighted by molar-refractivity contribution is -0.417. The highest BCUT2D eigenvalue weighted by atomic mass is 16.6. The summed E-state index contributed by atoms with van der Waals surface area (Å²) < 4.78 is 10.2. The minimum atomic E-state index is -1.08. The van der Waals surface area contributed by atoms with E-state index in [4.69, 9.17) is 9.47 Å². The van der Waals surface area contributed by atoms with Crippen molar-refractivity contribution in [2.24, 2.45) is 0 Å². The number of hydrogen-bond donors (Lipinski definition) is 0. The van der Waals surface area contributed by atoms with Gasteiger partial charge in [0.15, 0.2) is 11.5 Å². The summed E-state index contributed by atoms with van der Waals surface area (Å²) in [6.07, 6.45) is 0. The molecule has 0 saturated carbocycles. The number of carbonyl (C=O) groups excluding carboxylic acids is 4. The van der Waals surface area contributed by atoms with Crippen molar-refractivity contribution in [1.29, 1.82) is 0 Å². The molecule has 31 heavy (non-hydrogen) atoms. The van der Waals surface area contributed by atoms with Gasteiger partial charge in [0, 0.05) is 22.3 Å². The van der Waals surface area contributed by atoms with Crippen LogP contribution in [0.25, 0.3) is 0 Å². The summed E-state index contributed by atoms with van der Waals surface area (Å²) >= 11 is 0. The third-order valence-electron chi connectivity index (χ3n) is 5.11. The monoisotopic (exact) mass is 419 g/mol. The van der Waals surface area contributed by atoms with Crippen LogP contribution in [0.15, 0.2) is 65.1 Å². The number of rotatable bonds is 4. The minimum Gasteiger partial charge on any atom is -0.497 e. The van der Waals surface area contributed by atoms with Crippen LogP contribution < -0.4 is 4.74 Å². The van der Waals surface area contributed by atoms with Crippen LogP contribution in [-0.4, -0.2) is 42.3 Å². The number of carbonyl (C=O) groups is 4. The number of allylic oxidation sites excluding steroid dienone is 4. The van der Waals surface area contributed by atoms with Crippen molar-refractivity contribution >= 4 is 23.1 Å². The molecule has 9 nitrogen and oxygen atoms in total. The number of methoxy groups -OCH3 is 2. The molecule has 0 atom stereocenters. The van der Waals surface area contributed by atoms with E-state index in [2.05, 4.69) is 0 Å². The normalized spacial score (nSPS) is 15.7. The molecule has 0 heterocycles. The van der Waals surface area contributed by atoms with Crippen molar-refractivity contribution in [3.05, 3.63) is 97.4 Å². The topological polar surface area (TPSA) is 130 Å². The largest absolute Gasteiger partial charge is 0.497 e. The SMILES string of the molecule is COC1=C(C2=C([N+](=O)[O-])C(=O)c3ccccc3C2=O)C(=O)c2cc(OC)ccc2C1=O. The molecule has 0 radical (unpaired) electrons. The molecule has 0 spiro atoms. The molecule has 2 aromatic carbocycles. The average molecular weight is 419 g/mol. The fraction of sp³-hybridized carbons (Fsp3) is 0.0909. The Hall–Kier alpha value is -4.40. The number of hydrogen-bond acceptors (Lipinski definition) is 8. The predicted octanol–water partition coefficient (Wildman–Crippen LogP) is 2.58. The van der Waals surface area contributed by atoms with Crippen LogP contribution in [-0.2, 0) is 4.74 Å². The number of ether oxygens (including phenoxy) is 2. The Balaban J connectivity index is 2.06. The fourth-order valence-electron chi connectivity index (χ4n) is 3.70. The summed E-state index contributed by atoms with van der Waals surface area (Å²) in [5.74, 6) is -3.84. The highest BCUT2D eigenvalue weighted by Crippen LogP contribution is 2.38. The van der Waals surface area contributed by atoms with Crippen LogP contribution in [0.3, 0.4) is 0 Å². The number of benzene rings is 2. The molecule has 0 unspecified atom stereocenters. The predicted molar refractivity (Wildman–Crippen MR) is 105 cm³/mol. The Kier molecular flexibility index (Phi) is 4.58. The van der Waals surface area contributed by atoms with E-state index in [1.807, 2.05) is 0 Å². The molecule has 154 valence electrons. The Morgan fingerprint density at radius 2 is 1.29 bits per heavy atom. The zero-order valence-corrected chi connectivity index (χ0v) is 16.3. The van der Waals surface area contributed by atoms with E-state index < -0.39 is 50.7 Å². The number of Topliss-reactive ketones (excluding diaryl/α,β-unsaturated/α-hetero) is 4. The molecule has 2 aliphatic rings. The molecule has 2 aliphatic carbocycles. The number of nitrogens with zero attached hydrogens (tertiary/aromatic N) is 1. The lowest BCUT2D eigenvalue weighted by Crippen LogP contribution is -2.32. The molecular weight excluding hydrogens is 406 g/mol. The van der Waals surface area contributed by atoms with Gasteiger partial charge in [0.2, 0.25) is 11.6 Å². The van der Waals surface area contributed by atoms with E-state index >= 15 is 0 Å². The lowest BCUT2D eigenvalue weighted by atomic mass is 9.78. The first-order valence-electron chi connectivity index (χ1n) is 8.95. The van der Waals surface area contributed by atoms with Gasteiger partial charge < -0.3 is 9.47 Å². The van der Waals surface area contributed by atoms with Crippen molar-refractivity contribution in [3.63, 3.8) is 0 Å². The van der Waals surface area contributed by atoms with Gasteiger partial charge in [-0.2, -0.15) is 0 Å². The molecule has 2 aromatic rings. The first kappa shape index (κ1) is 19.9. The second kappa shape index (κ2) is 7.13. The molecule has 0 amide bonds. The van der Waals surface area contributed by atoms with E-state index in [1.165, 1.54) is 49.6 Å². The lowest BCUT2D eigenvalue weighted by Gasteiger charge is -2.23. The van der Waals surface area contributed by atoms with E-state index in [0.29, 0.717) is 0 Å². The molecule has 0 bridgehead atoms. The zero-order chi connectivity index (χ0) is 22.4. The molecule has 4 rings (SSSR count). The third kappa shape index (κ3) is 2.78. The maximum absolute atomic E-state index is 13.4. The van der Waals surface area contributed by atoms with Crippen LogP contribution in [0.1, 0.15) is 41.4 Å². The maximum atomic E-state index is 13.4. The molecule has 0 aliphatic heterocycles. The van der Waals surface area contributed by atoms with Gasteiger partial charge >= 0.3 is 5.70 Å². The third-order valence-corrected chi connectivity index (χ3v) is 5.11. The van der Waals surface area contributed by atoms with E-state index in [9.17, 15) is 29.3 Å². The molecule has 0 fully saturated rings. The number of nitro groups is 1. The van der Waals surface area contributed by atoms with Gasteiger partial charge in [-0.05, 0) is 18.2 Å². The van der Waals surface area contributed by atoms with Crippen LogP contribution in [0.2, 0.25) is 0 Å². The number of fused-ring (bicyclic) bond motifs is 2.